The van der Waals surface area contributed by atoms with Gasteiger partial charge in [0.1, 0.15) is 5.75 Å². The number of amides is 1. The Balaban J connectivity index is 1.90. The van der Waals surface area contributed by atoms with Gasteiger partial charge in [0.15, 0.2) is 5.78 Å². The van der Waals surface area contributed by atoms with E-state index in [2.05, 4.69) is 5.32 Å². The Kier molecular flexibility index (Phi) is 5.52. The lowest BCUT2D eigenvalue weighted by Gasteiger charge is -2.07. The average Bonchev–Trinajstić information content (AvgIpc) is 2.55. The number of benzene rings is 2. The van der Waals surface area contributed by atoms with E-state index in [1.165, 1.54) is 0 Å². The van der Waals surface area contributed by atoms with Gasteiger partial charge in [-0.25, -0.2) is 0 Å². The number of Topliss-reactive ketones (excluding diaryl/α,β-unsaturated/α-hetero) is 1. The summed E-state index contributed by atoms with van der Waals surface area (Å²) in [7, 11) is 1.57. The fraction of sp³-hybridized carbons (Fsp3) is 0.263. The van der Waals surface area contributed by atoms with Gasteiger partial charge in [-0.05, 0) is 43.2 Å². The molecule has 1 amide bonds. The molecular formula is C19H21NO3. The van der Waals surface area contributed by atoms with E-state index in [1.54, 1.807) is 31.4 Å². The number of anilines is 1. The maximum absolute atomic E-state index is 12.2. The summed E-state index contributed by atoms with van der Waals surface area (Å²) in [5.74, 6) is 0.471. The van der Waals surface area contributed by atoms with E-state index in [-0.39, 0.29) is 24.5 Å². The summed E-state index contributed by atoms with van der Waals surface area (Å²) >= 11 is 0. The summed E-state index contributed by atoms with van der Waals surface area (Å²) in [4.78, 5) is 24.1. The number of rotatable bonds is 6. The molecule has 1 N–H and O–H groups in total. The van der Waals surface area contributed by atoms with Crippen LogP contribution in [0.3, 0.4) is 0 Å². The second-order valence-corrected chi connectivity index (χ2v) is 5.50. The Morgan fingerprint density at radius 2 is 1.78 bits per heavy atom. The fourth-order valence-electron chi connectivity index (χ4n) is 2.21. The van der Waals surface area contributed by atoms with Crippen LogP contribution < -0.4 is 10.1 Å². The van der Waals surface area contributed by atoms with Crippen LogP contribution in [0.4, 0.5) is 5.69 Å². The van der Waals surface area contributed by atoms with Crippen molar-refractivity contribution >= 4 is 17.4 Å². The molecule has 2 aromatic carbocycles. The Morgan fingerprint density at radius 1 is 1.00 bits per heavy atom. The number of carbonyl (C=O) groups excluding carboxylic acids is 2. The van der Waals surface area contributed by atoms with Crippen molar-refractivity contribution in [2.45, 2.75) is 26.7 Å². The van der Waals surface area contributed by atoms with Crippen molar-refractivity contribution in [3.05, 3.63) is 59.2 Å². The summed E-state index contributed by atoms with van der Waals surface area (Å²) in [5, 5.41) is 2.77. The standard InChI is InChI=1S/C19H21NO3/c1-13-7-8-15(11-14(13)2)18(21)9-10-19(22)20-16-5-4-6-17(12-16)23-3/h4-8,11-12H,9-10H2,1-3H3,(H,20,22). The van der Waals surface area contributed by atoms with Crippen molar-refractivity contribution < 1.29 is 14.3 Å². The van der Waals surface area contributed by atoms with Crippen LogP contribution >= 0.6 is 0 Å². The third-order valence-electron chi connectivity index (χ3n) is 3.76. The van der Waals surface area contributed by atoms with Crippen molar-refractivity contribution in [3.63, 3.8) is 0 Å². The van der Waals surface area contributed by atoms with Crippen molar-refractivity contribution in [3.8, 4) is 5.75 Å². The molecule has 2 aromatic rings. The molecule has 0 saturated carbocycles. The monoisotopic (exact) mass is 311 g/mol. The number of ketones is 1. The molecule has 0 atom stereocenters. The largest absolute Gasteiger partial charge is 0.497 e. The number of hydrogen-bond donors (Lipinski definition) is 1. The smallest absolute Gasteiger partial charge is 0.224 e. The molecule has 0 saturated heterocycles. The number of carbonyl (C=O) groups is 2. The van der Waals surface area contributed by atoms with Gasteiger partial charge in [0.2, 0.25) is 5.91 Å². The highest BCUT2D eigenvalue weighted by molar-refractivity contribution is 6.00. The molecule has 0 heterocycles. The first-order chi connectivity index (χ1) is 11.0. The highest BCUT2D eigenvalue weighted by atomic mass is 16.5. The molecule has 0 bridgehead atoms. The van der Waals surface area contributed by atoms with E-state index in [4.69, 9.17) is 4.74 Å². The van der Waals surface area contributed by atoms with Crippen molar-refractivity contribution in [1.82, 2.24) is 0 Å². The van der Waals surface area contributed by atoms with Gasteiger partial charge in [0, 0.05) is 30.2 Å². The minimum Gasteiger partial charge on any atom is -0.497 e. The van der Waals surface area contributed by atoms with E-state index in [9.17, 15) is 9.59 Å². The third-order valence-corrected chi connectivity index (χ3v) is 3.76. The van der Waals surface area contributed by atoms with E-state index in [1.807, 2.05) is 32.0 Å². The van der Waals surface area contributed by atoms with Gasteiger partial charge in [-0.3, -0.25) is 9.59 Å². The Bertz CT molecular complexity index is 722. The second-order valence-electron chi connectivity index (χ2n) is 5.50. The lowest BCUT2D eigenvalue weighted by molar-refractivity contribution is -0.116. The van der Waals surface area contributed by atoms with Crippen LogP contribution in [-0.2, 0) is 4.79 Å². The zero-order chi connectivity index (χ0) is 16.8. The number of aryl methyl sites for hydroxylation is 2. The molecule has 120 valence electrons. The summed E-state index contributed by atoms with van der Waals surface area (Å²) in [6.07, 6.45) is 0.348. The summed E-state index contributed by atoms with van der Waals surface area (Å²) in [6.45, 7) is 3.98. The zero-order valence-electron chi connectivity index (χ0n) is 13.7. The van der Waals surface area contributed by atoms with Gasteiger partial charge in [0.25, 0.3) is 0 Å². The number of nitrogens with one attached hydrogen (secondary N) is 1. The van der Waals surface area contributed by atoms with Crippen molar-refractivity contribution in [1.29, 1.82) is 0 Å². The number of ether oxygens (including phenoxy) is 1. The van der Waals surface area contributed by atoms with E-state index in [0.717, 1.165) is 11.1 Å². The molecule has 4 heteroatoms. The normalized spacial score (nSPS) is 10.2. The molecule has 4 nitrogen and oxygen atoms in total. The predicted molar refractivity (Wildman–Crippen MR) is 91.1 cm³/mol. The summed E-state index contributed by atoms with van der Waals surface area (Å²) in [6, 6.07) is 12.7. The second kappa shape index (κ2) is 7.58. The maximum atomic E-state index is 12.2. The van der Waals surface area contributed by atoms with Crippen LogP contribution in [0.5, 0.6) is 5.75 Å². The van der Waals surface area contributed by atoms with Gasteiger partial charge < -0.3 is 10.1 Å². The van der Waals surface area contributed by atoms with Gasteiger partial charge in [-0.1, -0.05) is 18.2 Å². The minimum atomic E-state index is -0.185. The predicted octanol–water partition coefficient (Wildman–Crippen LogP) is 3.91. The zero-order valence-corrected chi connectivity index (χ0v) is 13.7. The molecule has 0 aliphatic rings. The first kappa shape index (κ1) is 16.7. The van der Waals surface area contributed by atoms with Crippen molar-refractivity contribution in [2.24, 2.45) is 0 Å². The quantitative estimate of drug-likeness (QED) is 0.823. The third kappa shape index (κ3) is 4.68. The minimum absolute atomic E-state index is 0.0195. The van der Waals surface area contributed by atoms with Gasteiger partial charge in [-0.15, -0.1) is 0 Å². The number of methoxy groups -OCH3 is 1. The lowest BCUT2D eigenvalue weighted by atomic mass is 10.0. The first-order valence-corrected chi connectivity index (χ1v) is 7.54. The summed E-state index contributed by atoms with van der Waals surface area (Å²) < 4.78 is 5.11. The SMILES string of the molecule is COc1cccc(NC(=O)CCC(=O)c2ccc(C)c(C)c2)c1. The van der Waals surface area contributed by atoms with Gasteiger partial charge in [-0.2, -0.15) is 0 Å². The van der Waals surface area contributed by atoms with Crippen LogP contribution in [0.1, 0.15) is 34.3 Å². The van der Waals surface area contributed by atoms with Gasteiger partial charge in [0.05, 0.1) is 7.11 Å². The Hall–Kier alpha value is -2.62. The van der Waals surface area contributed by atoms with E-state index < -0.39 is 0 Å². The average molecular weight is 311 g/mol. The topological polar surface area (TPSA) is 55.4 Å². The highest BCUT2D eigenvalue weighted by Gasteiger charge is 2.10. The van der Waals surface area contributed by atoms with E-state index >= 15 is 0 Å². The molecule has 0 unspecified atom stereocenters. The lowest BCUT2D eigenvalue weighted by Crippen LogP contribution is -2.13. The first-order valence-electron chi connectivity index (χ1n) is 7.54. The molecule has 2 rings (SSSR count). The van der Waals surface area contributed by atoms with Crippen LogP contribution in [0.2, 0.25) is 0 Å². The summed E-state index contributed by atoms with van der Waals surface area (Å²) in [5.41, 5.74) is 3.55. The van der Waals surface area contributed by atoms with Crippen molar-refractivity contribution in [2.75, 3.05) is 12.4 Å². The van der Waals surface area contributed by atoms with Gasteiger partial charge >= 0.3 is 0 Å². The molecule has 0 aliphatic heterocycles. The molecule has 0 aromatic heterocycles. The molecular weight excluding hydrogens is 290 g/mol. The highest BCUT2D eigenvalue weighted by Crippen LogP contribution is 2.17. The molecule has 23 heavy (non-hydrogen) atoms. The Morgan fingerprint density at radius 3 is 2.48 bits per heavy atom. The van der Waals surface area contributed by atoms with Crippen LogP contribution in [-0.4, -0.2) is 18.8 Å². The molecule has 0 fully saturated rings. The Labute approximate surface area is 136 Å². The fourth-order valence-corrected chi connectivity index (χ4v) is 2.21. The van der Waals surface area contributed by atoms with Crippen LogP contribution in [0.15, 0.2) is 42.5 Å². The van der Waals surface area contributed by atoms with E-state index in [0.29, 0.717) is 17.0 Å². The maximum Gasteiger partial charge on any atom is 0.224 e. The molecule has 0 aliphatic carbocycles. The van der Waals surface area contributed by atoms with Crippen LogP contribution in [0.25, 0.3) is 0 Å². The number of hydrogen-bond acceptors (Lipinski definition) is 3. The molecule has 0 spiro atoms. The van der Waals surface area contributed by atoms with Crippen LogP contribution in [0, 0.1) is 13.8 Å². The molecule has 0 radical (unpaired) electrons.